The molecule has 0 amide bonds. The van der Waals surface area contributed by atoms with E-state index in [0.29, 0.717) is 0 Å². The first-order chi connectivity index (χ1) is 10.2. The molecule has 0 saturated heterocycles. The third-order valence-corrected chi connectivity index (χ3v) is 2.07. The molecule has 0 fully saturated rings. The Labute approximate surface area is 243 Å². The van der Waals surface area contributed by atoms with Gasteiger partial charge in [0, 0.05) is 0 Å². The van der Waals surface area contributed by atoms with Crippen LogP contribution in [0.25, 0.3) is 0 Å². The van der Waals surface area contributed by atoms with E-state index in [-0.39, 0.29) is 124 Å². The standard InChI is InChI=1S/C12H14O10.4Na.4H/c13-7(14)1-3-9(17)21-11(19)5-6-12(20)22-10(18)4-2-8(15)16;;;;;;;;/h1-6H2,(H,13,14)(H,15,16);;;;;;;;/q;4*+1;4*-1. The quantitative estimate of drug-likeness (QED) is 0.211. The molecule has 0 atom stereocenters. The normalized spacial score (nSPS) is 8.15. The van der Waals surface area contributed by atoms with Crippen LogP contribution in [0, 0.1) is 0 Å². The summed E-state index contributed by atoms with van der Waals surface area (Å²) in [5.41, 5.74) is 0. The summed E-state index contributed by atoms with van der Waals surface area (Å²) in [4.78, 5) is 64.6. The fourth-order valence-corrected chi connectivity index (χ4v) is 1.08. The summed E-state index contributed by atoms with van der Waals surface area (Å²) in [7, 11) is 0. The fraction of sp³-hybridized carbons (Fsp3) is 0.500. The minimum Gasteiger partial charge on any atom is -1.00 e. The second-order valence-electron chi connectivity index (χ2n) is 3.98. The molecule has 0 aliphatic rings. The molecule has 10 nitrogen and oxygen atoms in total. The van der Waals surface area contributed by atoms with Gasteiger partial charge in [-0.25, -0.2) is 0 Å². The maximum Gasteiger partial charge on any atom is 1.00 e. The van der Waals surface area contributed by atoms with E-state index in [1.807, 2.05) is 0 Å². The molecular weight excluding hydrogens is 396 g/mol. The molecule has 14 heteroatoms. The number of ether oxygens (including phenoxy) is 2. The van der Waals surface area contributed by atoms with Gasteiger partial charge >= 0.3 is 154 Å². The summed E-state index contributed by atoms with van der Waals surface area (Å²) >= 11 is 0. The fourth-order valence-electron chi connectivity index (χ4n) is 1.08. The van der Waals surface area contributed by atoms with Gasteiger partial charge in [-0.1, -0.05) is 0 Å². The van der Waals surface area contributed by atoms with Crippen molar-refractivity contribution in [3.63, 3.8) is 0 Å². The van der Waals surface area contributed by atoms with Gasteiger partial charge in [-0.05, 0) is 0 Å². The van der Waals surface area contributed by atoms with E-state index in [4.69, 9.17) is 10.2 Å². The number of carbonyl (C=O) groups is 6. The summed E-state index contributed by atoms with van der Waals surface area (Å²) in [5, 5.41) is 16.6. The zero-order valence-corrected chi connectivity index (χ0v) is 23.4. The number of esters is 4. The Morgan fingerprint density at radius 3 is 0.885 bits per heavy atom. The molecular formula is C12H18Na4O10. The largest absolute Gasteiger partial charge is 1.00 e. The van der Waals surface area contributed by atoms with Crippen molar-refractivity contribution in [2.75, 3.05) is 0 Å². The van der Waals surface area contributed by atoms with Crippen molar-refractivity contribution in [2.45, 2.75) is 38.5 Å². The van der Waals surface area contributed by atoms with E-state index in [1.54, 1.807) is 0 Å². The Morgan fingerprint density at radius 1 is 0.500 bits per heavy atom. The topological polar surface area (TPSA) is 161 Å². The van der Waals surface area contributed by atoms with Crippen molar-refractivity contribution >= 4 is 35.8 Å². The monoisotopic (exact) mass is 414 g/mol. The van der Waals surface area contributed by atoms with E-state index >= 15 is 0 Å². The predicted octanol–water partition coefficient (Wildman–Crippen LogP) is -11.9. The number of carbonyl (C=O) groups excluding carboxylic acids is 4. The molecule has 0 aliphatic heterocycles. The maximum atomic E-state index is 11.1. The van der Waals surface area contributed by atoms with Crippen molar-refractivity contribution in [2.24, 2.45) is 0 Å². The average molecular weight is 414 g/mol. The second-order valence-corrected chi connectivity index (χ2v) is 3.98. The Kier molecular flexibility index (Phi) is 32.8. The van der Waals surface area contributed by atoms with Crippen molar-refractivity contribution < 1.29 is 172 Å². The van der Waals surface area contributed by atoms with Gasteiger partial charge in [-0.3, -0.25) is 28.8 Å². The number of hydrogen-bond acceptors (Lipinski definition) is 8. The third kappa shape index (κ3) is 25.2. The number of aliphatic carboxylic acids is 2. The summed E-state index contributed by atoms with van der Waals surface area (Å²) in [6.45, 7) is 0. The molecule has 0 unspecified atom stereocenters. The first kappa shape index (κ1) is 37.9. The molecule has 0 bridgehead atoms. The number of carboxylic acid groups (broad SMARTS) is 2. The van der Waals surface area contributed by atoms with Gasteiger partial charge in [-0.15, -0.1) is 0 Å². The van der Waals surface area contributed by atoms with Gasteiger partial charge in [-0.2, -0.15) is 0 Å². The maximum absolute atomic E-state index is 11.1. The van der Waals surface area contributed by atoms with Crippen LogP contribution >= 0.6 is 0 Å². The van der Waals surface area contributed by atoms with Crippen LogP contribution in [0.5, 0.6) is 0 Å². The zero-order chi connectivity index (χ0) is 17.1. The summed E-state index contributed by atoms with van der Waals surface area (Å²) in [6, 6.07) is 0. The molecule has 130 valence electrons. The first-order valence-electron chi connectivity index (χ1n) is 6.11. The van der Waals surface area contributed by atoms with Gasteiger partial charge in [0.2, 0.25) is 0 Å². The van der Waals surface area contributed by atoms with Gasteiger partial charge in [0.25, 0.3) is 0 Å². The zero-order valence-electron chi connectivity index (χ0n) is 19.4. The molecule has 0 heterocycles. The molecule has 0 aromatic rings. The van der Waals surface area contributed by atoms with Crippen LogP contribution in [-0.4, -0.2) is 46.0 Å². The Hall–Kier alpha value is 1.22. The Balaban J connectivity index is -0.0000000787. The predicted molar refractivity (Wildman–Crippen MR) is 69.6 cm³/mol. The van der Waals surface area contributed by atoms with Gasteiger partial charge in [0.05, 0.1) is 38.5 Å². The third-order valence-electron chi connectivity index (χ3n) is 2.07. The first-order valence-corrected chi connectivity index (χ1v) is 6.11. The number of carboxylic acids is 2. The molecule has 0 spiro atoms. The Bertz CT molecular complexity index is 467. The number of rotatable bonds is 9. The van der Waals surface area contributed by atoms with Crippen LogP contribution in [0.15, 0.2) is 0 Å². The van der Waals surface area contributed by atoms with Crippen LogP contribution in [-0.2, 0) is 38.2 Å². The van der Waals surface area contributed by atoms with Crippen molar-refractivity contribution in [1.82, 2.24) is 0 Å². The Morgan fingerprint density at radius 2 is 0.692 bits per heavy atom. The van der Waals surface area contributed by atoms with E-state index in [0.717, 1.165) is 0 Å². The van der Waals surface area contributed by atoms with Gasteiger partial charge in [0.15, 0.2) is 0 Å². The van der Waals surface area contributed by atoms with E-state index < -0.39 is 74.3 Å². The molecule has 0 saturated carbocycles. The van der Waals surface area contributed by atoms with Crippen molar-refractivity contribution in [3.8, 4) is 0 Å². The van der Waals surface area contributed by atoms with Crippen LogP contribution in [0.4, 0.5) is 0 Å². The van der Waals surface area contributed by atoms with E-state index in [2.05, 4.69) is 9.47 Å². The second kappa shape index (κ2) is 22.5. The van der Waals surface area contributed by atoms with Crippen LogP contribution in [0.2, 0.25) is 0 Å². The summed E-state index contributed by atoms with van der Waals surface area (Å²) in [5.74, 6) is -6.67. The van der Waals surface area contributed by atoms with Crippen LogP contribution in [0.3, 0.4) is 0 Å². The molecule has 0 aromatic carbocycles. The molecule has 0 aliphatic carbocycles. The van der Waals surface area contributed by atoms with Gasteiger partial charge < -0.3 is 25.4 Å². The molecule has 0 rings (SSSR count). The van der Waals surface area contributed by atoms with Crippen molar-refractivity contribution in [1.29, 1.82) is 0 Å². The molecule has 0 aromatic heterocycles. The van der Waals surface area contributed by atoms with E-state index in [1.165, 1.54) is 0 Å². The van der Waals surface area contributed by atoms with Crippen LogP contribution in [0.1, 0.15) is 44.2 Å². The minimum atomic E-state index is -1.23. The molecule has 2 N–H and O–H groups in total. The average Bonchev–Trinajstić information content (AvgIpc) is 2.40. The number of hydrogen-bond donors (Lipinski definition) is 2. The summed E-state index contributed by atoms with van der Waals surface area (Å²) < 4.78 is 8.45. The van der Waals surface area contributed by atoms with Crippen molar-refractivity contribution in [3.05, 3.63) is 0 Å². The van der Waals surface area contributed by atoms with Crippen LogP contribution < -0.4 is 118 Å². The smallest absolute Gasteiger partial charge is 1.00 e. The molecule has 0 radical (unpaired) electrons. The minimum absolute atomic E-state index is 0. The summed E-state index contributed by atoms with van der Waals surface area (Å²) in [6.07, 6.45) is -3.04. The van der Waals surface area contributed by atoms with E-state index in [9.17, 15) is 28.8 Å². The molecule has 26 heavy (non-hydrogen) atoms. The SMILES string of the molecule is O=C(O)CCC(=O)OC(=O)CCC(=O)OC(=O)CCC(=O)O.[H-].[H-].[H-].[H-].[Na+].[Na+].[Na+].[Na+]. The van der Waals surface area contributed by atoms with Gasteiger partial charge in [0.1, 0.15) is 0 Å².